The third kappa shape index (κ3) is 4.28. The smallest absolute Gasteiger partial charge is 0.248 e. The maximum Gasteiger partial charge on any atom is 0.248 e. The van der Waals surface area contributed by atoms with E-state index in [2.05, 4.69) is 34.5 Å². The van der Waals surface area contributed by atoms with E-state index >= 15 is 0 Å². The highest BCUT2D eigenvalue weighted by Gasteiger charge is 2.20. The van der Waals surface area contributed by atoms with Crippen LogP contribution in [0.25, 0.3) is 0 Å². The molecule has 0 bridgehead atoms. The van der Waals surface area contributed by atoms with Gasteiger partial charge in [0.2, 0.25) is 5.91 Å². The number of likely N-dealkylation sites (tertiary alicyclic amines) is 1. The second-order valence-corrected chi connectivity index (χ2v) is 6.65. The second-order valence-electron chi connectivity index (χ2n) is 6.24. The molecule has 4 nitrogen and oxygen atoms in total. The highest BCUT2D eigenvalue weighted by Crippen LogP contribution is 2.26. The van der Waals surface area contributed by atoms with Gasteiger partial charge in [0.15, 0.2) is 0 Å². The van der Waals surface area contributed by atoms with Crippen molar-refractivity contribution in [1.29, 1.82) is 0 Å². The molecule has 3 N–H and O–H groups in total. The van der Waals surface area contributed by atoms with E-state index in [-0.39, 0.29) is 0 Å². The van der Waals surface area contributed by atoms with Crippen molar-refractivity contribution in [1.82, 2.24) is 4.90 Å². The molecule has 0 spiro atoms. The van der Waals surface area contributed by atoms with Gasteiger partial charge < -0.3 is 11.1 Å². The third-order valence-corrected chi connectivity index (χ3v) is 4.78. The van der Waals surface area contributed by atoms with E-state index in [1.807, 2.05) is 6.07 Å². The van der Waals surface area contributed by atoms with Crippen LogP contribution in [-0.2, 0) is 6.54 Å². The fourth-order valence-corrected chi connectivity index (χ4v) is 3.26. The standard InChI is InChI=1S/C19H22ClN3O/c20-17-7-6-15(19(21)24)12-18(17)22-16-8-10-23(11-9-16)13-14-4-2-1-3-5-14/h1-7,12,16,22H,8-11,13H2,(H2,21,24). The first-order valence-electron chi connectivity index (χ1n) is 8.24. The van der Waals surface area contributed by atoms with Crippen molar-refractivity contribution in [2.24, 2.45) is 5.73 Å². The fourth-order valence-electron chi connectivity index (χ4n) is 3.09. The number of hydrogen-bond acceptors (Lipinski definition) is 3. The van der Waals surface area contributed by atoms with Crippen LogP contribution in [0, 0.1) is 0 Å². The molecule has 0 atom stereocenters. The zero-order valence-corrected chi connectivity index (χ0v) is 14.3. The Hall–Kier alpha value is -2.04. The van der Waals surface area contributed by atoms with Crippen molar-refractivity contribution in [2.45, 2.75) is 25.4 Å². The molecule has 0 aliphatic carbocycles. The van der Waals surface area contributed by atoms with Crippen molar-refractivity contribution in [3.05, 3.63) is 64.7 Å². The molecule has 1 aliphatic heterocycles. The Morgan fingerprint density at radius 3 is 2.54 bits per heavy atom. The fraction of sp³-hybridized carbons (Fsp3) is 0.316. The molecule has 2 aromatic rings. The van der Waals surface area contributed by atoms with Gasteiger partial charge in [-0.05, 0) is 36.6 Å². The molecule has 126 valence electrons. The number of piperidine rings is 1. The van der Waals surface area contributed by atoms with E-state index in [0.29, 0.717) is 16.6 Å². The minimum atomic E-state index is -0.438. The molecule has 1 amide bonds. The van der Waals surface area contributed by atoms with Gasteiger partial charge in [-0.25, -0.2) is 0 Å². The van der Waals surface area contributed by atoms with E-state index < -0.39 is 5.91 Å². The summed E-state index contributed by atoms with van der Waals surface area (Å²) in [6, 6.07) is 16.0. The average Bonchev–Trinajstić information content (AvgIpc) is 2.59. The van der Waals surface area contributed by atoms with Gasteiger partial charge in [0.25, 0.3) is 0 Å². The summed E-state index contributed by atoms with van der Waals surface area (Å²) in [5.41, 5.74) is 7.95. The van der Waals surface area contributed by atoms with Gasteiger partial charge in [-0.2, -0.15) is 0 Å². The van der Waals surface area contributed by atoms with Gasteiger partial charge in [-0.3, -0.25) is 9.69 Å². The molecule has 2 aromatic carbocycles. The highest BCUT2D eigenvalue weighted by molar-refractivity contribution is 6.33. The summed E-state index contributed by atoms with van der Waals surface area (Å²) in [7, 11) is 0. The van der Waals surface area contributed by atoms with Crippen molar-refractivity contribution in [3.63, 3.8) is 0 Å². The van der Waals surface area contributed by atoms with Gasteiger partial charge in [0.05, 0.1) is 10.7 Å². The average molecular weight is 344 g/mol. The van der Waals surface area contributed by atoms with Gasteiger partial charge in [-0.1, -0.05) is 41.9 Å². The predicted molar refractivity (Wildman–Crippen MR) is 98.3 cm³/mol. The minimum Gasteiger partial charge on any atom is -0.381 e. The summed E-state index contributed by atoms with van der Waals surface area (Å²) in [5.74, 6) is -0.438. The summed E-state index contributed by atoms with van der Waals surface area (Å²) >= 11 is 6.23. The number of anilines is 1. The van der Waals surface area contributed by atoms with E-state index in [0.717, 1.165) is 38.2 Å². The quantitative estimate of drug-likeness (QED) is 0.873. The lowest BCUT2D eigenvalue weighted by molar-refractivity contribution is 0.100. The molecule has 1 heterocycles. The summed E-state index contributed by atoms with van der Waals surface area (Å²) in [5, 5.41) is 4.08. The van der Waals surface area contributed by atoms with E-state index in [9.17, 15) is 4.79 Å². The van der Waals surface area contributed by atoms with Crippen molar-refractivity contribution < 1.29 is 4.79 Å². The largest absolute Gasteiger partial charge is 0.381 e. The molecule has 1 aliphatic rings. The highest BCUT2D eigenvalue weighted by atomic mass is 35.5. The lowest BCUT2D eigenvalue weighted by atomic mass is 10.0. The number of carbonyl (C=O) groups is 1. The number of rotatable bonds is 5. The number of benzene rings is 2. The molecular formula is C19H22ClN3O. The first-order chi connectivity index (χ1) is 11.6. The molecule has 0 aromatic heterocycles. The van der Waals surface area contributed by atoms with Crippen molar-refractivity contribution >= 4 is 23.2 Å². The van der Waals surface area contributed by atoms with E-state index in [4.69, 9.17) is 17.3 Å². The number of halogens is 1. The number of nitrogens with zero attached hydrogens (tertiary/aromatic N) is 1. The zero-order valence-electron chi connectivity index (χ0n) is 13.5. The van der Waals surface area contributed by atoms with Crippen LogP contribution in [0.3, 0.4) is 0 Å². The molecule has 1 saturated heterocycles. The predicted octanol–water partition coefficient (Wildman–Crippen LogP) is 3.52. The van der Waals surface area contributed by atoms with Crippen molar-refractivity contribution in [3.8, 4) is 0 Å². The molecule has 0 unspecified atom stereocenters. The van der Waals surface area contributed by atoms with Crippen LogP contribution in [0.1, 0.15) is 28.8 Å². The number of nitrogens with two attached hydrogens (primary N) is 1. The summed E-state index contributed by atoms with van der Waals surface area (Å²) in [6.45, 7) is 3.07. The van der Waals surface area contributed by atoms with Gasteiger partial charge in [0.1, 0.15) is 0 Å². The van der Waals surface area contributed by atoms with Crippen LogP contribution in [0.2, 0.25) is 5.02 Å². The van der Waals surface area contributed by atoms with E-state index in [1.54, 1.807) is 18.2 Å². The Morgan fingerprint density at radius 2 is 1.88 bits per heavy atom. The van der Waals surface area contributed by atoms with Crippen molar-refractivity contribution in [2.75, 3.05) is 18.4 Å². The van der Waals surface area contributed by atoms with E-state index in [1.165, 1.54) is 5.56 Å². The summed E-state index contributed by atoms with van der Waals surface area (Å²) in [6.07, 6.45) is 2.09. The van der Waals surface area contributed by atoms with Crippen LogP contribution < -0.4 is 11.1 Å². The molecule has 0 saturated carbocycles. The first kappa shape index (κ1) is 16.8. The maximum atomic E-state index is 11.3. The SMILES string of the molecule is NC(=O)c1ccc(Cl)c(NC2CCN(Cc3ccccc3)CC2)c1. The molecule has 1 fully saturated rings. The normalized spacial score (nSPS) is 16.0. The Balaban J connectivity index is 1.56. The topological polar surface area (TPSA) is 58.4 Å². The second kappa shape index (κ2) is 7.69. The number of carbonyl (C=O) groups excluding carboxylic acids is 1. The van der Waals surface area contributed by atoms with Gasteiger partial charge in [-0.15, -0.1) is 0 Å². The Kier molecular flexibility index (Phi) is 5.38. The van der Waals surface area contributed by atoms with Crippen LogP contribution in [0.4, 0.5) is 5.69 Å². The van der Waals surface area contributed by atoms with Crippen LogP contribution >= 0.6 is 11.6 Å². The number of nitrogens with one attached hydrogen (secondary N) is 1. The first-order valence-corrected chi connectivity index (χ1v) is 8.62. The van der Waals surface area contributed by atoms with Gasteiger partial charge in [0, 0.05) is 31.2 Å². The van der Waals surface area contributed by atoms with Crippen LogP contribution in [0.15, 0.2) is 48.5 Å². The molecule has 24 heavy (non-hydrogen) atoms. The third-order valence-electron chi connectivity index (χ3n) is 4.45. The number of hydrogen-bond donors (Lipinski definition) is 2. The lowest BCUT2D eigenvalue weighted by Crippen LogP contribution is -2.38. The zero-order chi connectivity index (χ0) is 16.9. The van der Waals surface area contributed by atoms with Crippen LogP contribution in [-0.4, -0.2) is 29.9 Å². The summed E-state index contributed by atoms with van der Waals surface area (Å²) in [4.78, 5) is 13.8. The Morgan fingerprint density at radius 1 is 1.17 bits per heavy atom. The Labute approximate surface area is 147 Å². The molecule has 3 rings (SSSR count). The van der Waals surface area contributed by atoms with Gasteiger partial charge >= 0.3 is 0 Å². The molecule has 5 heteroatoms. The molecular weight excluding hydrogens is 322 g/mol. The Bertz CT molecular complexity index is 697. The monoisotopic (exact) mass is 343 g/mol. The minimum absolute atomic E-state index is 0.359. The summed E-state index contributed by atoms with van der Waals surface area (Å²) < 4.78 is 0. The number of primary amides is 1. The maximum absolute atomic E-state index is 11.3. The molecule has 0 radical (unpaired) electrons. The lowest BCUT2D eigenvalue weighted by Gasteiger charge is -2.33. The number of amides is 1. The van der Waals surface area contributed by atoms with Crippen LogP contribution in [0.5, 0.6) is 0 Å².